The van der Waals surface area contributed by atoms with Gasteiger partial charge in [-0.1, -0.05) is 45.7 Å². The van der Waals surface area contributed by atoms with Crippen molar-refractivity contribution in [3.8, 4) is 0 Å². The number of hydrogen-bond donors (Lipinski definition) is 1. The summed E-state index contributed by atoms with van der Waals surface area (Å²) in [6.45, 7) is 0. The van der Waals surface area contributed by atoms with E-state index in [9.17, 15) is 35.9 Å². The molecule has 0 aliphatic rings. The highest BCUT2D eigenvalue weighted by atomic mass is 79.9. The second kappa shape index (κ2) is 12.4. The Hall–Kier alpha value is -3.05. The minimum Gasteiger partial charge on any atom is -0.338 e. The fraction of sp³-hybridized carbons (Fsp3) is 0.259. The van der Waals surface area contributed by atoms with Crippen molar-refractivity contribution in [3.05, 3.63) is 98.5 Å². The third-order valence-electron chi connectivity index (χ3n) is 5.90. The zero-order valence-electron chi connectivity index (χ0n) is 20.3. The number of alkyl halides is 6. The van der Waals surface area contributed by atoms with Crippen LogP contribution in [0.1, 0.15) is 39.9 Å². The van der Waals surface area contributed by atoms with Crippen molar-refractivity contribution in [2.45, 2.75) is 37.7 Å². The van der Waals surface area contributed by atoms with E-state index < -0.39 is 41.0 Å². The number of hydrogen-bond acceptors (Lipinski definition) is 2. The monoisotopic (exact) mass is 634 g/mol. The summed E-state index contributed by atoms with van der Waals surface area (Å²) in [4.78, 5) is 26.9. The molecule has 39 heavy (non-hydrogen) atoms. The molecule has 0 heterocycles. The van der Waals surface area contributed by atoms with Crippen LogP contribution < -0.4 is 5.32 Å². The van der Waals surface area contributed by atoms with Gasteiger partial charge >= 0.3 is 12.4 Å². The van der Waals surface area contributed by atoms with Crippen molar-refractivity contribution >= 4 is 45.0 Å². The van der Waals surface area contributed by atoms with Crippen LogP contribution in [0.25, 0.3) is 0 Å². The number of nitrogens with one attached hydrogen (secondary N) is 1. The molecule has 1 unspecified atom stereocenters. The van der Waals surface area contributed by atoms with E-state index in [1.165, 1.54) is 7.05 Å². The summed E-state index contributed by atoms with van der Waals surface area (Å²) in [6.07, 6.45) is -10.0. The maximum Gasteiger partial charge on any atom is 0.416 e. The minimum atomic E-state index is -5.10. The van der Waals surface area contributed by atoms with Gasteiger partial charge in [0.15, 0.2) is 0 Å². The molecule has 0 aliphatic heterocycles. The Morgan fingerprint density at radius 3 is 2.05 bits per heavy atom. The average Bonchev–Trinajstić information content (AvgIpc) is 2.85. The molecule has 0 saturated carbocycles. The third kappa shape index (κ3) is 8.72. The SMILES string of the molecule is CN(C(=O)c1cc(C(F)(F)F)cc(C(F)(F)F)c1)C(CCC(=O)Nc1cccc(Br)c1)Cc1ccc(Cl)cc1. The Labute approximate surface area is 234 Å². The van der Waals surface area contributed by atoms with Crippen LogP contribution in [0, 0.1) is 0 Å². The Morgan fingerprint density at radius 2 is 1.51 bits per heavy atom. The summed E-state index contributed by atoms with van der Waals surface area (Å²) in [5, 5.41) is 3.17. The first-order valence-electron chi connectivity index (χ1n) is 11.5. The molecule has 0 aromatic heterocycles. The lowest BCUT2D eigenvalue weighted by Crippen LogP contribution is -2.39. The van der Waals surface area contributed by atoms with E-state index in [1.54, 1.807) is 48.5 Å². The van der Waals surface area contributed by atoms with E-state index >= 15 is 0 Å². The maximum atomic E-state index is 13.3. The number of carbonyl (C=O) groups excluding carboxylic acids is 2. The first kappa shape index (κ1) is 30.5. The minimum absolute atomic E-state index is 0.0335. The van der Waals surface area contributed by atoms with E-state index in [0.717, 1.165) is 9.37 Å². The average molecular weight is 636 g/mol. The number of likely N-dealkylation sites (N-methyl/N-ethyl adjacent to an activating group) is 1. The predicted octanol–water partition coefficient (Wildman–Crippen LogP) is 8.24. The maximum absolute atomic E-state index is 13.3. The van der Waals surface area contributed by atoms with E-state index in [4.69, 9.17) is 11.6 Å². The summed E-state index contributed by atoms with van der Waals surface area (Å²) in [5.41, 5.74) is -2.71. The van der Waals surface area contributed by atoms with Crippen LogP contribution >= 0.6 is 27.5 Å². The van der Waals surface area contributed by atoms with Gasteiger partial charge in [0.1, 0.15) is 0 Å². The molecule has 0 radical (unpaired) electrons. The molecule has 1 atom stereocenters. The van der Waals surface area contributed by atoms with Crippen LogP contribution in [0.2, 0.25) is 5.02 Å². The Balaban J connectivity index is 1.88. The second-order valence-corrected chi connectivity index (χ2v) is 10.1. The molecule has 0 bridgehead atoms. The smallest absolute Gasteiger partial charge is 0.338 e. The van der Waals surface area contributed by atoms with Gasteiger partial charge in [0, 0.05) is 40.3 Å². The van der Waals surface area contributed by atoms with Gasteiger partial charge in [0.05, 0.1) is 11.1 Å². The number of nitrogens with zero attached hydrogens (tertiary/aromatic N) is 1. The van der Waals surface area contributed by atoms with Gasteiger partial charge in [-0.25, -0.2) is 0 Å². The number of anilines is 1. The van der Waals surface area contributed by atoms with Gasteiger partial charge in [-0.3, -0.25) is 9.59 Å². The largest absolute Gasteiger partial charge is 0.416 e. The molecule has 0 fully saturated rings. The zero-order valence-corrected chi connectivity index (χ0v) is 22.7. The molecular weight excluding hydrogens is 614 g/mol. The van der Waals surface area contributed by atoms with Crippen LogP contribution in [0.3, 0.4) is 0 Å². The van der Waals surface area contributed by atoms with Gasteiger partial charge in [-0.15, -0.1) is 0 Å². The van der Waals surface area contributed by atoms with Crippen molar-refractivity contribution in [2.24, 2.45) is 0 Å². The van der Waals surface area contributed by atoms with Crippen LogP contribution in [0.4, 0.5) is 32.0 Å². The third-order valence-corrected chi connectivity index (χ3v) is 6.65. The summed E-state index contributed by atoms with van der Waals surface area (Å²) < 4.78 is 80.8. The first-order chi connectivity index (χ1) is 18.1. The quantitative estimate of drug-likeness (QED) is 0.254. The van der Waals surface area contributed by atoms with Crippen molar-refractivity contribution < 1.29 is 35.9 Å². The van der Waals surface area contributed by atoms with Crippen LogP contribution in [0.5, 0.6) is 0 Å². The molecule has 208 valence electrons. The van der Waals surface area contributed by atoms with E-state index in [1.807, 2.05) is 0 Å². The molecule has 0 aliphatic carbocycles. The standard InChI is InChI=1S/C27H22BrClF6N2O2/c1-37(25(39)17-12-18(26(30,31)32)14-19(13-17)27(33,34)35)23(11-16-5-7-21(29)8-6-16)9-10-24(38)36-22-4-2-3-20(28)15-22/h2-8,12-15,23H,9-11H2,1H3,(H,36,38). The summed E-state index contributed by atoms with van der Waals surface area (Å²) in [5.74, 6) is -1.42. The van der Waals surface area contributed by atoms with Crippen molar-refractivity contribution in [2.75, 3.05) is 12.4 Å². The van der Waals surface area contributed by atoms with Crippen molar-refractivity contribution in [1.29, 1.82) is 0 Å². The highest BCUT2D eigenvalue weighted by Crippen LogP contribution is 2.36. The summed E-state index contributed by atoms with van der Waals surface area (Å²) >= 11 is 9.23. The lowest BCUT2D eigenvalue weighted by Gasteiger charge is -2.29. The number of amides is 2. The molecule has 3 rings (SSSR count). The molecule has 0 saturated heterocycles. The zero-order chi connectivity index (χ0) is 29.0. The summed E-state index contributed by atoms with van der Waals surface area (Å²) in [6, 6.07) is 13.5. The van der Waals surface area contributed by atoms with Crippen LogP contribution in [0.15, 0.2) is 71.2 Å². The molecular formula is C27H22BrClF6N2O2. The van der Waals surface area contributed by atoms with E-state index in [2.05, 4.69) is 21.2 Å². The topological polar surface area (TPSA) is 49.4 Å². The second-order valence-electron chi connectivity index (χ2n) is 8.79. The number of rotatable bonds is 8. The Morgan fingerprint density at radius 1 is 0.923 bits per heavy atom. The van der Waals surface area contributed by atoms with E-state index in [-0.39, 0.29) is 31.2 Å². The van der Waals surface area contributed by atoms with Gasteiger partial charge < -0.3 is 10.2 Å². The van der Waals surface area contributed by atoms with Crippen LogP contribution in [-0.2, 0) is 23.6 Å². The lowest BCUT2D eigenvalue weighted by molar-refractivity contribution is -0.143. The van der Waals surface area contributed by atoms with Gasteiger partial charge in [0.2, 0.25) is 5.91 Å². The molecule has 0 spiro atoms. The molecule has 3 aromatic rings. The van der Waals surface area contributed by atoms with Gasteiger partial charge in [0.25, 0.3) is 5.91 Å². The molecule has 4 nitrogen and oxygen atoms in total. The van der Waals surface area contributed by atoms with Gasteiger partial charge in [-0.2, -0.15) is 26.3 Å². The molecule has 12 heteroatoms. The highest BCUT2D eigenvalue weighted by molar-refractivity contribution is 9.10. The number of carbonyl (C=O) groups is 2. The van der Waals surface area contributed by atoms with Crippen molar-refractivity contribution in [1.82, 2.24) is 4.90 Å². The molecule has 2 amide bonds. The normalized spacial score (nSPS) is 12.6. The number of benzene rings is 3. The predicted molar refractivity (Wildman–Crippen MR) is 139 cm³/mol. The lowest BCUT2D eigenvalue weighted by atomic mass is 9.98. The highest BCUT2D eigenvalue weighted by Gasteiger charge is 2.38. The number of halogens is 8. The molecule has 1 N–H and O–H groups in total. The fourth-order valence-electron chi connectivity index (χ4n) is 3.86. The Kier molecular flexibility index (Phi) is 9.71. The van der Waals surface area contributed by atoms with Crippen LogP contribution in [-0.4, -0.2) is 29.8 Å². The first-order valence-corrected chi connectivity index (χ1v) is 12.7. The van der Waals surface area contributed by atoms with Crippen molar-refractivity contribution in [3.63, 3.8) is 0 Å². The Bertz CT molecular complexity index is 1300. The molecule has 3 aromatic carbocycles. The summed E-state index contributed by atoms with van der Waals surface area (Å²) in [7, 11) is 1.28. The fourth-order valence-corrected chi connectivity index (χ4v) is 4.39. The van der Waals surface area contributed by atoms with Gasteiger partial charge in [-0.05, 0) is 66.9 Å². The van der Waals surface area contributed by atoms with E-state index in [0.29, 0.717) is 28.4 Å².